The molecule has 3 aromatic rings. The molecule has 1 aliphatic heterocycles. The van der Waals surface area contributed by atoms with Crippen molar-refractivity contribution in [1.82, 2.24) is 5.16 Å². The Morgan fingerprint density at radius 3 is 2.15 bits per heavy atom. The van der Waals surface area contributed by atoms with E-state index in [2.05, 4.69) is 21.1 Å². The van der Waals surface area contributed by atoms with Crippen LogP contribution in [0, 0.1) is 6.92 Å². The maximum Gasteiger partial charge on any atom is 0.301 e. The van der Waals surface area contributed by atoms with E-state index >= 15 is 0 Å². The number of aliphatic hydroxyl groups excluding tert-OH is 1. The molecule has 0 spiro atoms. The van der Waals surface area contributed by atoms with Crippen molar-refractivity contribution in [3.63, 3.8) is 0 Å². The number of aliphatic hydroxyl groups is 1. The van der Waals surface area contributed by atoms with E-state index in [-0.39, 0.29) is 17.2 Å². The number of Topliss-reactive ketones (excluding diaryl/α,β-unsaturated/α-hetero) is 1. The molecular formula is C24H21BrN2O7. The highest BCUT2D eigenvalue weighted by atomic mass is 79.9. The fourth-order valence-electron chi connectivity index (χ4n) is 3.87. The monoisotopic (exact) mass is 528 g/mol. The van der Waals surface area contributed by atoms with Gasteiger partial charge in [-0.3, -0.25) is 14.5 Å². The van der Waals surface area contributed by atoms with Gasteiger partial charge in [0.25, 0.3) is 5.78 Å². The van der Waals surface area contributed by atoms with Crippen LogP contribution in [-0.4, -0.2) is 43.3 Å². The third-order valence-corrected chi connectivity index (χ3v) is 5.96. The number of methoxy groups -OCH3 is 3. The van der Waals surface area contributed by atoms with Gasteiger partial charge in [0.05, 0.1) is 32.9 Å². The molecule has 1 N–H and O–H groups in total. The second-order valence-corrected chi connectivity index (χ2v) is 8.35. The van der Waals surface area contributed by atoms with E-state index in [4.69, 9.17) is 18.7 Å². The first-order chi connectivity index (χ1) is 16.3. The first-order valence-corrected chi connectivity index (χ1v) is 10.9. The van der Waals surface area contributed by atoms with Gasteiger partial charge >= 0.3 is 5.91 Å². The molecular weight excluding hydrogens is 508 g/mol. The number of halogens is 1. The Labute approximate surface area is 203 Å². The minimum Gasteiger partial charge on any atom is -0.507 e. The Hall–Kier alpha value is -3.79. The number of aryl methyl sites for hydroxylation is 1. The number of ether oxygens (including phenoxy) is 3. The van der Waals surface area contributed by atoms with E-state index in [0.717, 1.165) is 4.47 Å². The van der Waals surface area contributed by atoms with E-state index in [0.29, 0.717) is 34.1 Å². The normalized spacial score (nSPS) is 17.2. The second-order valence-electron chi connectivity index (χ2n) is 7.43. The van der Waals surface area contributed by atoms with Crippen LogP contribution < -0.4 is 19.1 Å². The molecule has 34 heavy (non-hydrogen) atoms. The number of hydrogen-bond donors (Lipinski definition) is 1. The Morgan fingerprint density at radius 1 is 1.03 bits per heavy atom. The average molecular weight is 529 g/mol. The standard InChI is InChI=1S/C24H21BrN2O7/c1-12-9-18(26-34-12)27-20(14-10-16(31-2)23(33-4)17(11-14)32-3)19(22(29)24(27)30)21(28)13-5-7-15(25)8-6-13/h5-11,20,28H,1-4H3/b21-19+/t20-/m1/s1. The van der Waals surface area contributed by atoms with Crippen molar-refractivity contribution < 1.29 is 33.4 Å². The summed E-state index contributed by atoms with van der Waals surface area (Å²) >= 11 is 3.35. The summed E-state index contributed by atoms with van der Waals surface area (Å²) in [5, 5.41) is 15.1. The summed E-state index contributed by atoms with van der Waals surface area (Å²) in [6, 6.07) is 10.5. The van der Waals surface area contributed by atoms with E-state index in [1.807, 2.05) is 0 Å². The number of carbonyl (C=O) groups excluding carboxylic acids is 2. The highest BCUT2D eigenvalue weighted by Gasteiger charge is 2.48. The second kappa shape index (κ2) is 9.22. The lowest BCUT2D eigenvalue weighted by molar-refractivity contribution is -0.132. The number of rotatable bonds is 6. The Bertz CT molecular complexity index is 1270. The molecule has 0 aliphatic carbocycles. The van der Waals surface area contributed by atoms with Crippen LogP contribution in [0.3, 0.4) is 0 Å². The maximum absolute atomic E-state index is 13.2. The van der Waals surface area contributed by atoms with Gasteiger partial charge in [0.2, 0.25) is 5.75 Å². The van der Waals surface area contributed by atoms with Crippen molar-refractivity contribution in [1.29, 1.82) is 0 Å². The van der Waals surface area contributed by atoms with Gasteiger partial charge in [-0.05, 0) is 36.8 Å². The zero-order valence-corrected chi connectivity index (χ0v) is 20.4. The molecule has 0 saturated carbocycles. The highest BCUT2D eigenvalue weighted by molar-refractivity contribution is 9.10. The van der Waals surface area contributed by atoms with Gasteiger partial charge in [0.15, 0.2) is 17.3 Å². The summed E-state index contributed by atoms with van der Waals surface area (Å²) in [5.74, 6) is -0.472. The number of ketones is 1. The van der Waals surface area contributed by atoms with Crippen molar-refractivity contribution in [2.24, 2.45) is 0 Å². The SMILES string of the molecule is COc1cc([C@@H]2/C(=C(\O)c3ccc(Br)cc3)C(=O)C(=O)N2c2cc(C)on2)cc(OC)c1OC. The van der Waals surface area contributed by atoms with Gasteiger partial charge in [-0.25, -0.2) is 0 Å². The lowest BCUT2D eigenvalue weighted by atomic mass is 9.94. The Morgan fingerprint density at radius 2 is 1.65 bits per heavy atom. The van der Waals surface area contributed by atoms with Crippen LogP contribution in [0.5, 0.6) is 17.2 Å². The number of aromatic nitrogens is 1. The van der Waals surface area contributed by atoms with Crippen molar-refractivity contribution >= 4 is 39.2 Å². The zero-order valence-electron chi connectivity index (χ0n) is 18.8. The molecule has 0 unspecified atom stereocenters. The van der Waals surface area contributed by atoms with Gasteiger partial charge in [-0.2, -0.15) is 0 Å². The summed E-state index contributed by atoms with van der Waals surface area (Å²) in [5.41, 5.74) is 0.699. The van der Waals surface area contributed by atoms with Crippen LogP contribution in [0.25, 0.3) is 5.76 Å². The first-order valence-electron chi connectivity index (χ1n) is 10.1. The minimum atomic E-state index is -1.04. The van der Waals surface area contributed by atoms with E-state index in [1.54, 1.807) is 43.3 Å². The highest BCUT2D eigenvalue weighted by Crippen LogP contribution is 2.47. The van der Waals surface area contributed by atoms with Crippen molar-refractivity contribution in [3.05, 3.63) is 69.4 Å². The summed E-state index contributed by atoms with van der Waals surface area (Å²) in [7, 11) is 4.39. The summed E-state index contributed by atoms with van der Waals surface area (Å²) in [6.45, 7) is 1.67. The summed E-state index contributed by atoms with van der Waals surface area (Å²) in [4.78, 5) is 27.6. The largest absolute Gasteiger partial charge is 0.507 e. The van der Waals surface area contributed by atoms with Crippen LogP contribution >= 0.6 is 15.9 Å². The lowest BCUT2D eigenvalue weighted by Gasteiger charge is -2.24. The van der Waals surface area contributed by atoms with E-state index < -0.39 is 17.7 Å². The molecule has 1 aromatic heterocycles. The number of nitrogens with zero attached hydrogens (tertiary/aromatic N) is 2. The molecule has 4 rings (SSSR count). The fourth-order valence-corrected chi connectivity index (χ4v) is 4.14. The van der Waals surface area contributed by atoms with E-state index in [9.17, 15) is 14.7 Å². The van der Waals surface area contributed by atoms with Crippen LogP contribution in [0.1, 0.15) is 22.9 Å². The molecule has 176 valence electrons. The van der Waals surface area contributed by atoms with Crippen LogP contribution in [0.15, 0.2) is 57.0 Å². The molecule has 0 bridgehead atoms. The smallest absolute Gasteiger partial charge is 0.301 e. The minimum absolute atomic E-state index is 0.109. The Kier molecular flexibility index (Phi) is 6.34. The van der Waals surface area contributed by atoms with Gasteiger partial charge in [-0.15, -0.1) is 0 Å². The number of hydrogen-bond acceptors (Lipinski definition) is 8. The van der Waals surface area contributed by atoms with E-state index in [1.165, 1.54) is 32.3 Å². The van der Waals surface area contributed by atoms with Crippen LogP contribution in [0.2, 0.25) is 0 Å². The zero-order chi connectivity index (χ0) is 24.6. The predicted octanol–water partition coefficient (Wildman–Crippen LogP) is 4.40. The molecule has 1 aliphatic rings. The van der Waals surface area contributed by atoms with Gasteiger partial charge in [-0.1, -0.05) is 33.2 Å². The quantitative estimate of drug-likeness (QED) is 0.284. The van der Waals surface area contributed by atoms with Gasteiger partial charge < -0.3 is 23.8 Å². The van der Waals surface area contributed by atoms with Crippen LogP contribution in [-0.2, 0) is 9.59 Å². The van der Waals surface area contributed by atoms with Gasteiger partial charge in [0, 0.05) is 16.1 Å². The fraction of sp³-hybridized carbons (Fsp3) is 0.208. The number of anilines is 1. The predicted molar refractivity (Wildman–Crippen MR) is 126 cm³/mol. The van der Waals surface area contributed by atoms with Gasteiger partial charge in [0.1, 0.15) is 11.5 Å². The van der Waals surface area contributed by atoms with Crippen molar-refractivity contribution in [2.45, 2.75) is 13.0 Å². The molecule has 1 amide bonds. The van der Waals surface area contributed by atoms with Crippen molar-refractivity contribution in [2.75, 3.05) is 26.2 Å². The molecule has 0 radical (unpaired) electrons. The Balaban J connectivity index is 2.00. The number of carbonyl (C=O) groups is 2. The molecule has 2 heterocycles. The summed E-state index contributed by atoms with van der Waals surface area (Å²) in [6.07, 6.45) is 0. The maximum atomic E-state index is 13.2. The molecule has 9 nitrogen and oxygen atoms in total. The molecule has 1 saturated heterocycles. The molecule has 1 fully saturated rings. The summed E-state index contributed by atoms with van der Waals surface area (Å²) < 4.78 is 22.3. The first kappa shape index (κ1) is 23.4. The lowest BCUT2D eigenvalue weighted by Crippen LogP contribution is -2.29. The molecule has 2 aromatic carbocycles. The third-order valence-electron chi connectivity index (χ3n) is 5.43. The number of amides is 1. The third kappa shape index (κ3) is 3.90. The number of benzene rings is 2. The van der Waals surface area contributed by atoms with Crippen LogP contribution in [0.4, 0.5) is 5.82 Å². The average Bonchev–Trinajstić information content (AvgIpc) is 3.38. The molecule has 10 heteroatoms. The van der Waals surface area contributed by atoms with Crippen molar-refractivity contribution in [3.8, 4) is 17.2 Å². The molecule has 1 atom stereocenters. The topological polar surface area (TPSA) is 111 Å².